The normalized spacial score (nSPS) is 14.7. The topological polar surface area (TPSA) is 47.3 Å². The number of allylic oxidation sites excluding steroid dienone is 1. The predicted molar refractivity (Wildman–Crippen MR) is 68.2 cm³/mol. The summed E-state index contributed by atoms with van der Waals surface area (Å²) in [6, 6.07) is 0.184. The lowest BCUT2D eigenvalue weighted by molar-refractivity contribution is 0.0356. The van der Waals surface area contributed by atoms with Crippen LogP contribution in [0.1, 0.15) is 45.3 Å². The van der Waals surface area contributed by atoms with E-state index in [0.717, 1.165) is 12.1 Å². The molecule has 1 aromatic rings. The number of methoxy groups -OCH3 is 1. The maximum absolute atomic E-state index is 10.6. The molecule has 0 fully saturated rings. The second-order valence-electron chi connectivity index (χ2n) is 4.70. The maximum atomic E-state index is 10.6. The smallest absolute Gasteiger partial charge is 0.162 e. The van der Waals surface area contributed by atoms with E-state index < -0.39 is 5.60 Å². The number of nitrogens with zero attached hydrogens (tertiary/aromatic N) is 2. The first kappa shape index (κ1) is 13.8. The van der Waals surface area contributed by atoms with Gasteiger partial charge in [-0.25, -0.2) is 0 Å². The van der Waals surface area contributed by atoms with Crippen molar-refractivity contribution in [3.8, 4) is 5.75 Å². The Bertz CT molecular complexity index is 381. The Balaban J connectivity index is 3.16. The van der Waals surface area contributed by atoms with Crippen LogP contribution in [0.4, 0.5) is 0 Å². The number of aromatic nitrogens is 2. The number of hydrogen-bond donors (Lipinski definition) is 1. The van der Waals surface area contributed by atoms with Crippen molar-refractivity contribution in [1.82, 2.24) is 9.78 Å². The summed E-state index contributed by atoms with van der Waals surface area (Å²) >= 11 is 0. The van der Waals surface area contributed by atoms with Gasteiger partial charge < -0.3 is 9.84 Å². The van der Waals surface area contributed by atoms with Crippen molar-refractivity contribution in [2.75, 3.05) is 7.11 Å². The largest absolute Gasteiger partial charge is 0.493 e. The standard InChI is InChI=1S/C13H22N2O2/c1-6-7-8-13(4,16)12-11(17-5)9-14-15(12)10(2)3/h6,9-10,16H,1,7-8H2,2-5H3. The second-order valence-corrected chi connectivity index (χ2v) is 4.70. The van der Waals surface area contributed by atoms with Crippen LogP contribution in [0.2, 0.25) is 0 Å². The highest BCUT2D eigenvalue weighted by Gasteiger charge is 2.31. The van der Waals surface area contributed by atoms with Gasteiger partial charge in [0.15, 0.2) is 5.75 Å². The van der Waals surface area contributed by atoms with Crippen LogP contribution in [0.5, 0.6) is 5.75 Å². The molecule has 17 heavy (non-hydrogen) atoms. The lowest BCUT2D eigenvalue weighted by Gasteiger charge is -2.26. The van der Waals surface area contributed by atoms with E-state index in [0.29, 0.717) is 12.2 Å². The van der Waals surface area contributed by atoms with Crippen molar-refractivity contribution in [2.45, 2.75) is 45.3 Å². The molecule has 1 unspecified atom stereocenters. The van der Waals surface area contributed by atoms with Gasteiger partial charge in [0.05, 0.1) is 13.3 Å². The highest BCUT2D eigenvalue weighted by molar-refractivity contribution is 5.30. The molecule has 4 nitrogen and oxygen atoms in total. The molecule has 0 radical (unpaired) electrons. The zero-order valence-corrected chi connectivity index (χ0v) is 11.1. The number of ether oxygens (including phenoxy) is 1. The van der Waals surface area contributed by atoms with E-state index in [9.17, 15) is 5.11 Å². The molecular weight excluding hydrogens is 216 g/mol. The summed E-state index contributed by atoms with van der Waals surface area (Å²) in [6.07, 6.45) is 4.81. The van der Waals surface area contributed by atoms with Gasteiger partial charge in [-0.1, -0.05) is 6.08 Å². The SMILES string of the molecule is C=CCCC(C)(O)c1c(OC)cnn1C(C)C. The Kier molecular flexibility index (Phi) is 4.34. The van der Waals surface area contributed by atoms with Gasteiger partial charge in [0.1, 0.15) is 11.3 Å². The van der Waals surface area contributed by atoms with Crippen molar-refractivity contribution in [3.05, 3.63) is 24.5 Å². The molecule has 0 aromatic carbocycles. The molecule has 0 saturated carbocycles. The van der Waals surface area contributed by atoms with E-state index in [2.05, 4.69) is 11.7 Å². The molecule has 0 saturated heterocycles. The quantitative estimate of drug-likeness (QED) is 0.775. The average molecular weight is 238 g/mol. The van der Waals surface area contributed by atoms with Crippen molar-refractivity contribution in [2.24, 2.45) is 0 Å². The summed E-state index contributed by atoms with van der Waals surface area (Å²) in [5, 5.41) is 14.8. The van der Waals surface area contributed by atoms with Crippen LogP contribution in [-0.2, 0) is 5.60 Å². The third kappa shape index (κ3) is 2.88. The fraction of sp³-hybridized carbons (Fsp3) is 0.615. The van der Waals surface area contributed by atoms with Gasteiger partial charge in [-0.3, -0.25) is 4.68 Å². The minimum atomic E-state index is -0.958. The van der Waals surface area contributed by atoms with Crippen molar-refractivity contribution in [1.29, 1.82) is 0 Å². The van der Waals surface area contributed by atoms with Crippen LogP contribution in [-0.4, -0.2) is 22.0 Å². The van der Waals surface area contributed by atoms with Gasteiger partial charge in [-0.05, 0) is 33.6 Å². The minimum absolute atomic E-state index is 0.184. The van der Waals surface area contributed by atoms with Gasteiger partial charge >= 0.3 is 0 Å². The number of rotatable bonds is 6. The zero-order valence-electron chi connectivity index (χ0n) is 11.1. The van der Waals surface area contributed by atoms with Crippen molar-refractivity contribution in [3.63, 3.8) is 0 Å². The van der Waals surface area contributed by atoms with Crippen LogP contribution in [0.15, 0.2) is 18.9 Å². The Morgan fingerprint density at radius 2 is 2.29 bits per heavy atom. The first-order valence-corrected chi connectivity index (χ1v) is 5.89. The molecule has 0 aliphatic carbocycles. The molecule has 0 amide bonds. The molecule has 0 bridgehead atoms. The Morgan fingerprint density at radius 1 is 1.65 bits per heavy atom. The van der Waals surface area contributed by atoms with Gasteiger partial charge in [0.25, 0.3) is 0 Å². The molecule has 1 rings (SSSR count). The molecule has 0 aliphatic rings. The highest BCUT2D eigenvalue weighted by atomic mass is 16.5. The van der Waals surface area contributed by atoms with Crippen LogP contribution in [0.3, 0.4) is 0 Å². The van der Waals surface area contributed by atoms with Crippen LogP contribution < -0.4 is 4.74 Å². The minimum Gasteiger partial charge on any atom is -0.493 e. The lowest BCUT2D eigenvalue weighted by Crippen LogP contribution is -2.26. The molecule has 1 aromatic heterocycles. The lowest BCUT2D eigenvalue weighted by atomic mass is 9.95. The molecule has 0 spiro atoms. The van der Waals surface area contributed by atoms with Gasteiger partial charge in [-0.15, -0.1) is 6.58 Å². The van der Waals surface area contributed by atoms with Gasteiger partial charge in [0, 0.05) is 6.04 Å². The highest BCUT2D eigenvalue weighted by Crippen LogP contribution is 2.34. The van der Waals surface area contributed by atoms with Crippen LogP contribution >= 0.6 is 0 Å². The first-order valence-electron chi connectivity index (χ1n) is 5.89. The average Bonchev–Trinajstić information content (AvgIpc) is 2.70. The summed E-state index contributed by atoms with van der Waals surface area (Å²) in [4.78, 5) is 0. The summed E-state index contributed by atoms with van der Waals surface area (Å²) in [5.41, 5.74) is -0.225. The fourth-order valence-electron chi connectivity index (χ4n) is 1.90. The number of hydrogen-bond acceptors (Lipinski definition) is 3. The Morgan fingerprint density at radius 3 is 2.76 bits per heavy atom. The van der Waals surface area contributed by atoms with E-state index >= 15 is 0 Å². The van der Waals surface area contributed by atoms with E-state index in [-0.39, 0.29) is 6.04 Å². The molecule has 96 valence electrons. The number of aliphatic hydroxyl groups is 1. The van der Waals surface area contributed by atoms with Crippen LogP contribution in [0.25, 0.3) is 0 Å². The molecule has 1 N–H and O–H groups in total. The third-order valence-corrected chi connectivity index (χ3v) is 2.82. The summed E-state index contributed by atoms with van der Waals surface area (Å²) < 4.78 is 7.08. The zero-order chi connectivity index (χ0) is 13.1. The Hall–Kier alpha value is -1.29. The third-order valence-electron chi connectivity index (χ3n) is 2.82. The summed E-state index contributed by atoms with van der Waals surface area (Å²) in [6.45, 7) is 9.52. The maximum Gasteiger partial charge on any atom is 0.162 e. The van der Waals surface area contributed by atoms with Crippen molar-refractivity contribution >= 4 is 0 Å². The van der Waals surface area contributed by atoms with Gasteiger partial charge in [-0.2, -0.15) is 5.10 Å². The van der Waals surface area contributed by atoms with E-state index in [1.165, 1.54) is 0 Å². The van der Waals surface area contributed by atoms with Gasteiger partial charge in [0.2, 0.25) is 0 Å². The molecule has 1 atom stereocenters. The fourth-order valence-corrected chi connectivity index (χ4v) is 1.90. The van der Waals surface area contributed by atoms with E-state index in [4.69, 9.17) is 4.74 Å². The summed E-state index contributed by atoms with van der Waals surface area (Å²) in [5.74, 6) is 0.632. The second kappa shape index (κ2) is 5.36. The molecule has 4 heteroatoms. The molecule has 0 aliphatic heterocycles. The Labute approximate surface area is 103 Å². The molecule has 1 heterocycles. The van der Waals surface area contributed by atoms with Crippen LogP contribution in [0, 0.1) is 0 Å². The van der Waals surface area contributed by atoms with Crippen molar-refractivity contribution < 1.29 is 9.84 Å². The summed E-state index contributed by atoms with van der Waals surface area (Å²) in [7, 11) is 1.59. The van der Waals surface area contributed by atoms with E-state index in [1.807, 2.05) is 18.5 Å². The molecular formula is C13H22N2O2. The monoisotopic (exact) mass is 238 g/mol. The van der Waals surface area contributed by atoms with E-state index in [1.54, 1.807) is 26.3 Å². The first-order chi connectivity index (χ1) is 7.94. The predicted octanol–water partition coefficient (Wildman–Crippen LogP) is 2.65.